The first kappa shape index (κ1) is 114. The molecule has 4 fully saturated rings. The second-order valence-corrected chi connectivity index (χ2v) is 51.6. The van der Waals surface area contributed by atoms with Crippen molar-refractivity contribution in [1.82, 2.24) is 63.1 Å². The summed E-state index contributed by atoms with van der Waals surface area (Å²) in [5, 5.41) is 21.3. The normalized spacial score (nSPS) is 18.8. The minimum absolute atomic E-state index is 0.0000676. The van der Waals surface area contributed by atoms with E-state index >= 15 is 0 Å². The van der Waals surface area contributed by atoms with Gasteiger partial charge in [-0.1, -0.05) is 132 Å². The Hall–Kier alpha value is -12.4. The summed E-state index contributed by atoms with van der Waals surface area (Å²) in [5.41, 5.74) is 12.8. The van der Waals surface area contributed by atoms with Gasteiger partial charge in [-0.3, -0.25) is 24.0 Å². The number of amides is 4. The van der Waals surface area contributed by atoms with Crippen molar-refractivity contribution >= 4 is 114 Å². The lowest BCUT2D eigenvalue weighted by Gasteiger charge is -2.37. The zero-order chi connectivity index (χ0) is 108. The molecule has 5 aliphatic rings. The average Bonchev–Trinajstić information content (AvgIpc) is 0.978. The molecule has 0 spiro atoms. The third-order valence-electron chi connectivity index (χ3n) is 25.7. The van der Waals surface area contributed by atoms with Crippen molar-refractivity contribution in [3.05, 3.63) is 213 Å². The van der Waals surface area contributed by atoms with E-state index in [0.717, 1.165) is 55.0 Å². The van der Waals surface area contributed by atoms with E-state index in [-0.39, 0.29) is 102 Å². The number of para-hydroxylation sites is 1. The molecule has 13 heterocycles. The van der Waals surface area contributed by atoms with Crippen LogP contribution in [0.15, 0.2) is 183 Å². The smallest absolute Gasteiger partial charge is 0.281 e. The highest BCUT2D eigenvalue weighted by Crippen LogP contribution is 2.46. The van der Waals surface area contributed by atoms with E-state index in [1.165, 1.54) is 71.2 Å². The van der Waals surface area contributed by atoms with Crippen LogP contribution in [0.3, 0.4) is 0 Å². The summed E-state index contributed by atoms with van der Waals surface area (Å²) in [6.45, 7) is 47.2. The standard InChI is InChI=1S/C28H43N5O5S.C27H38N6O5S2.C26H30N4O5S.C22H28N4O4S/c1-16-14-28(8,9)33(15-16)24-18(25(36)32-39(37,38)20-12-10-11-19(29)30-20)13-17(22(31-24)26(2,3)4)21(34)23(35)27(5,6)7;1-18(2)17-39(35,36)32-13-7-8-20(16-32)22-12-11-21(25(29-22)33-15-19(3)14-27(33,4)5)26(34)31-40(37,38)24-10-6-9-23(28)30-24;1-16-14-26(3,4)30(15-16)23-19(24(31)29-36(33,34)21-10-7-13-27-25(21)32)11-12-20(28-23)18-9-6-8-17(2)22(18)35-5;1-5-6-13-30-18-10-7-11-19(24-18)31(28,29)25-21(27)17-9-8-12-23-20(17)26-15-16(2)14-22(26,3)4/h10-13,16,21,23,34-35H,14-15H2,1-9H3,(H2,29,30)(H,32,36);6,8-12,18-19H,7,13-17H2,1-5H3,(H2,28,30)(H,31,34);6-13,16H,14-15H2,1-5H3,(H,27,32)(H,29,31);5-12,16H,13-15H2,1-4H3,(H,25,27)/b;;;6-5+/t16-,21?,23?;19-;16-;/m000./s1. The monoisotopic (exact) mass is 2110 g/mol. The highest BCUT2D eigenvalue weighted by atomic mass is 32.2. The topological polar surface area (TPSA) is 537 Å². The van der Waals surface area contributed by atoms with E-state index in [0.29, 0.717) is 102 Å². The number of aromatic nitrogens is 8. The summed E-state index contributed by atoms with van der Waals surface area (Å²) >= 11 is 0. The zero-order valence-corrected chi connectivity index (χ0v) is 91.2. The molecule has 146 heavy (non-hydrogen) atoms. The number of pyridine rings is 8. The second-order valence-electron chi connectivity index (χ2n) is 43.0. The van der Waals surface area contributed by atoms with E-state index in [1.807, 2.05) is 98.2 Å². The highest BCUT2D eigenvalue weighted by molar-refractivity contribution is 7.91. The Balaban J connectivity index is 0.000000186. The van der Waals surface area contributed by atoms with Gasteiger partial charge in [-0.2, -0.15) is 34.5 Å². The van der Waals surface area contributed by atoms with Crippen LogP contribution in [0.5, 0.6) is 11.6 Å². The van der Waals surface area contributed by atoms with E-state index < -0.39 is 112 Å². The zero-order valence-electron chi connectivity index (χ0n) is 87.1. The van der Waals surface area contributed by atoms with Crippen LogP contribution in [0.25, 0.3) is 16.8 Å². The number of hydrogen-bond donors (Lipinski definition) is 9. The quantitative estimate of drug-likeness (QED) is 0.0216. The number of nitrogens with two attached hydrogens (primary N) is 2. The number of ether oxygens (including phenoxy) is 2. The molecule has 6 atom stereocenters. The first-order chi connectivity index (χ1) is 67.8. The molecule has 4 saturated heterocycles. The number of aliphatic hydroxyl groups is 2. The first-order valence-corrected chi connectivity index (χ1v) is 55.8. The van der Waals surface area contributed by atoms with Crippen molar-refractivity contribution in [2.24, 2.45) is 35.0 Å². The molecule has 14 rings (SSSR count). The van der Waals surface area contributed by atoms with Gasteiger partial charge in [0.05, 0.1) is 58.3 Å². The predicted molar refractivity (Wildman–Crippen MR) is 564 cm³/mol. The molecule has 790 valence electrons. The van der Waals surface area contributed by atoms with Crippen molar-refractivity contribution < 1.29 is 81.0 Å². The second kappa shape index (κ2) is 44.7. The van der Waals surface area contributed by atoms with Gasteiger partial charge >= 0.3 is 0 Å². The lowest BCUT2D eigenvalue weighted by atomic mass is 9.79. The van der Waals surface area contributed by atoms with Crippen molar-refractivity contribution in [1.29, 1.82) is 0 Å². The largest absolute Gasteiger partial charge is 0.496 e. The minimum Gasteiger partial charge on any atom is -0.496 e. The van der Waals surface area contributed by atoms with E-state index in [9.17, 15) is 76.3 Å². The number of nitrogens with one attached hydrogen (secondary N) is 5. The number of carbonyl (C=O) groups is 4. The minimum atomic E-state index is -4.41. The van der Waals surface area contributed by atoms with E-state index in [1.54, 1.807) is 82.6 Å². The maximum atomic E-state index is 13.7. The van der Waals surface area contributed by atoms with Gasteiger partial charge in [0.1, 0.15) is 53.4 Å². The fourth-order valence-corrected chi connectivity index (χ4v) is 24.9. The molecule has 0 radical (unpaired) electrons. The number of H-pyrrole nitrogens is 1. The van der Waals surface area contributed by atoms with Gasteiger partial charge in [-0.15, -0.1) is 0 Å². The molecule has 0 bridgehead atoms. The van der Waals surface area contributed by atoms with Crippen molar-refractivity contribution in [2.75, 3.05) is 89.8 Å². The number of benzene rings is 1. The number of rotatable bonds is 27. The van der Waals surface area contributed by atoms with Crippen LogP contribution in [-0.4, -0.2) is 207 Å². The number of hydrogen-bond acceptors (Lipinski definition) is 32. The first-order valence-electron chi connectivity index (χ1n) is 48.2. The Morgan fingerprint density at radius 2 is 0.979 bits per heavy atom. The fourth-order valence-electron chi connectivity index (χ4n) is 19.3. The molecular weight excluding hydrogens is 1970 g/mol. The summed E-state index contributed by atoms with van der Waals surface area (Å²) in [7, 11) is -19.1. The number of aromatic amines is 1. The van der Waals surface area contributed by atoms with Crippen LogP contribution < -0.4 is 65.0 Å². The van der Waals surface area contributed by atoms with E-state index in [4.69, 9.17) is 35.9 Å². The van der Waals surface area contributed by atoms with Crippen LogP contribution in [0.2, 0.25) is 0 Å². The molecule has 4 amide bonds. The number of nitrogens with zero attached hydrogens (tertiary/aromatic N) is 12. The number of carbonyl (C=O) groups excluding carboxylic acids is 4. The molecule has 8 aromatic heterocycles. The number of aryl methyl sites for hydroxylation is 1. The molecule has 5 aliphatic heterocycles. The molecular formula is C103H139N19O19S5. The average molecular weight is 2110 g/mol. The maximum Gasteiger partial charge on any atom is 0.281 e. The summed E-state index contributed by atoms with van der Waals surface area (Å²) in [5.74, 6) is 0.469. The number of methoxy groups -OCH3 is 1. The van der Waals surface area contributed by atoms with Gasteiger partial charge < -0.3 is 55.7 Å². The summed E-state index contributed by atoms with van der Waals surface area (Å²) in [4.78, 5) is 106. The number of anilines is 6. The summed E-state index contributed by atoms with van der Waals surface area (Å²) in [6, 6.07) is 32.0. The van der Waals surface area contributed by atoms with Crippen molar-refractivity contribution in [3.63, 3.8) is 0 Å². The number of sulfonamides is 5. The third kappa shape index (κ3) is 27.1. The Morgan fingerprint density at radius 1 is 0.541 bits per heavy atom. The summed E-state index contributed by atoms with van der Waals surface area (Å²) in [6.07, 6.45) is 10.0. The van der Waals surface area contributed by atoms with Crippen LogP contribution in [0.4, 0.5) is 34.9 Å². The fraction of sp³-hybridized carbons (Fsp3) is 0.476. The van der Waals surface area contributed by atoms with Crippen LogP contribution in [0, 0.1) is 41.9 Å². The Kier molecular flexibility index (Phi) is 34.9. The number of nitrogen functional groups attached to an aromatic ring is 2. The van der Waals surface area contributed by atoms with Gasteiger partial charge in [0.2, 0.25) is 15.9 Å². The van der Waals surface area contributed by atoms with E-state index in [2.05, 4.69) is 127 Å². The van der Waals surface area contributed by atoms with Gasteiger partial charge in [-0.05, 0) is 238 Å². The Bertz CT molecular complexity index is 7110. The van der Waals surface area contributed by atoms with Crippen LogP contribution in [-0.2, 0) is 55.5 Å². The Labute approximate surface area is 857 Å². The lowest BCUT2D eigenvalue weighted by Crippen LogP contribution is -2.42. The predicted octanol–water partition coefficient (Wildman–Crippen LogP) is 13.1. The molecule has 11 N–H and O–H groups in total. The van der Waals surface area contributed by atoms with Gasteiger partial charge in [0, 0.05) is 96.4 Å². The molecule has 43 heteroatoms. The molecule has 1 aromatic carbocycles. The maximum absolute atomic E-state index is 13.7. The molecule has 38 nitrogen and oxygen atoms in total. The summed E-state index contributed by atoms with van der Waals surface area (Å²) < 4.78 is 150. The van der Waals surface area contributed by atoms with Crippen LogP contribution in [0.1, 0.15) is 248 Å². The number of allylic oxidation sites excluding steroid dienone is 1. The van der Waals surface area contributed by atoms with Gasteiger partial charge in [0.15, 0.2) is 20.0 Å². The molecule has 0 aliphatic carbocycles. The Morgan fingerprint density at radius 3 is 1.42 bits per heavy atom. The van der Waals surface area contributed by atoms with Gasteiger partial charge in [-0.25, -0.2) is 65.6 Å². The van der Waals surface area contributed by atoms with Crippen molar-refractivity contribution in [3.8, 4) is 22.9 Å². The SMILES string of the molecule is C/C=C/COc1cccc(S(=O)(=O)NC(=O)c2cccnc2N2CC(C)CC2(C)C)n1.CC(C)CS(=O)(=O)N1CCC=C(c2ccc(C(=O)NS(=O)(=O)c3cccc(N)n3)c(N3C[C@@H](C)CC3(C)C)n2)C1.COc1c(C)cccc1-c1ccc(C(=O)NS(=O)(=O)c2ccc[nH]c2=O)c(N2C[C@@H](C)CC2(C)C)n1.C[C@@H]1CN(c2nc(C(C)(C)C)c(C(O)C(O)C(C)(C)C)cc2C(=O)NS(=O)(=O)c2cccc(N)n2)C(C)(C)C1. The lowest BCUT2D eigenvalue weighted by molar-refractivity contribution is -0.0467. The van der Waals surface area contributed by atoms with Crippen LogP contribution >= 0.6 is 0 Å². The molecule has 0 saturated carbocycles. The van der Waals surface area contributed by atoms with Gasteiger partial charge in [0.25, 0.3) is 69.3 Å². The highest BCUT2D eigenvalue weighted by Gasteiger charge is 2.47. The number of aliphatic hydroxyl groups excluding tert-OH is 2. The molecule has 3 unspecified atom stereocenters. The third-order valence-corrected chi connectivity index (χ3v) is 32.9. The molecule has 9 aromatic rings. The van der Waals surface area contributed by atoms with Crippen molar-refractivity contribution in [2.45, 2.75) is 244 Å².